The van der Waals surface area contributed by atoms with Crippen molar-refractivity contribution < 1.29 is 9.90 Å². The number of rotatable bonds is 4. The molecule has 0 bridgehead atoms. The molecule has 2 rings (SSSR count). The molecule has 0 atom stereocenters. The Morgan fingerprint density at radius 3 is 2.31 bits per heavy atom. The maximum absolute atomic E-state index is 11.7. The van der Waals surface area contributed by atoms with Crippen LogP contribution in [0.5, 0.6) is 0 Å². The summed E-state index contributed by atoms with van der Waals surface area (Å²) in [7, 11) is 0. The van der Waals surface area contributed by atoms with Crippen molar-refractivity contribution in [3.8, 4) is 0 Å². The Morgan fingerprint density at radius 1 is 1.38 bits per heavy atom. The second-order valence-corrected chi connectivity index (χ2v) is 4.38. The summed E-state index contributed by atoms with van der Waals surface area (Å²) in [4.78, 5) is 11.7. The Bertz CT molecular complexity index is 232. The quantitative estimate of drug-likeness (QED) is 0.544. The lowest BCUT2D eigenvalue weighted by molar-refractivity contribution is -0.127. The number of carbonyl (C=O) groups excluding carboxylic acids is 1. The molecule has 2 aliphatic rings. The Kier molecular flexibility index (Phi) is 1.85. The van der Waals surface area contributed by atoms with Crippen LogP contribution in [0.4, 0.5) is 0 Å². The topological polar surface area (TPSA) is 75.4 Å². The Hall–Kier alpha value is -0.610. The van der Waals surface area contributed by atoms with E-state index >= 15 is 0 Å². The summed E-state index contributed by atoms with van der Waals surface area (Å²) in [5.74, 6) is 0.0431. The van der Waals surface area contributed by atoms with E-state index in [1.807, 2.05) is 0 Å². The molecule has 0 unspecified atom stereocenters. The van der Waals surface area contributed by atoms with E-state index in [2.05, 4.69) is 5.32 Å². The normalized spacial score (nSPS) is 26.6. The zero-order chi connectivity index (χ0) is 9.53. The van der Waals surface area contributed by atoms with Crippen LogP contribution in [0.25, 0.3) is 0 Å². The fourth-order valence-electron chi connectivity index (χ4n) is 1.52. The molecule has 4 heteroatoms. The number of aliphatic hydroxyl groups excluding tert-OH is 1. The molecule has 4 N–H and O–H groups in total. The first-order valence-electron chi connectivity index (χ1n) is 4.80. The molecule has 0 heterocycles. The summed E-state index contributed by atoms with van der Waals surface area (Å²) in [6.45, 7) is 0.486. The fourth-order valence-corrected chi connectivity index (χ4v) is 1.52. The zero-order valence-corrected chi connectivity index (χ0v) is 7.68. The third kappa shape index (κ3) is 1.44. The van der Waals surface area contributed by atoms with E-state index in [4.69, 9.17) is 10.8 Å². The van der Waals surface area contributed by atoms with Gasteiger partial charge in [0.25, 0.3) is 0 Å². The van der Waals surface area contributed by atoms with Crippen LogP contribution in [0.2, 0.25) is 0 Å². The number of hydrogen-bond acceptors (Lipinski definition) is 3. The Balaban J connectivity index is 1.92. The van der Waals surface area contributed by atoms with E-state index in [1.54, 1.807) is 0 Å². The predicted molar refractivity (Wildman–Crippen MR) is 47.9 cm³/mol. The predicted octanol–water partition coefficient (Wildman–Crippen LogP) is -0.634. The number of carbonyl (C=O) groups is 1. The van der Waals surface area contributed by atoms with Gasteiger partial charge in [0.15, 0.2) is 0 Å². The minimum Gasteiger partial charge on any atom is -0.394 e. The van der Waals surface area contributed by atoms with Crippen LogP contribution in [-0.2, 0) is 4.79 Å². The average molecular weight is 184 g/mol. The Labute approximate surface area is 77.5 Å². The van der Waals surface area contributed by atoms with Gasteiger partial charge in [0, 0.05) is 6.54 Å². The van der Waals surface area contributed by atoms with Crippen molar-refractivity contribution in [2.75, 3.05) is 13.2 Å². The molecule has 0 aliphatic heterocycles. The summed E-state index contributed by atoms with van der Waals surface area (Å²) in [6.07, 6.45) is 3.60. The molecule has 2 aliphatic carbocycles. The first-order valence-corrected chi connectivity index (χ1v) is 4.80. The highest BCUT2D eigenvalue weighted by Gasteiger charge is 2.53. The van der Waals surface area contributed by atoms with Gasteiger partial charge in [-0.1, -0.05) is 0 Å². The minimum absolute atomic E-state index is 0.0431. The molecular weight excluding hydrogens is 168 g/mol. The maximum atomic E-state index is 11.7. The molecule has 1 amide bonds. The van der Waals surface area contributed by atoms with E-state index in [0.717, 1.165) is 25.7 Å². The lowest BCUT2D eigenvalue weighted by atomic mass is 10.1. The van der Waals surface area contributed by atoms with Crippen LogP contribution in [0.3, 0.4) is 0 Å². The smallest absolute Gasteiger partial charge is 0.228 e. The summed E-state index contributed by atoms with van der Waals surface area (Å²) in [6, 6.07) is 0. The van der Waals surface area contributed by atoms with Crippen LogP contribution >= 0.6 is 0 Å². The van der Waals surface area contributed by atoms with Crippen LogP contribution < -0.4 is 11.1 Å². The third-order valence-electron chi connectivity index (χ3n) is 3.26. The number of nitrogens with one attached hydrogen (secondary N) is 1. The number of aliphatic hydroxyl groups is 1. The molecule has 0 spiro atoms. The van der Waals surface area contributed by atoms with Gasteiger partial charge >= 0.3 is 0 Å². The number of hydrogen-bond donors (Lipinski definition) is 3. The zero-order valence-electron chi connectivity index (χ0n) is 7.68. The van der Waals surface area contributed by atoms with Crippen molar-refractivity contribution in [2.24, 2.45) is 11.1 Å². The monoisotopic (exact) mass is 184 g/mol. The highest BCUT2D eigenvalue weighted by atomic mass is 16.3. The Morgan fingerprint density at radius 2 is 2.00 bits per heavy atom. The molecule has 0 radical (unpaired) electrons. The summed E-state index contributed by atoms with van der Waals surface area (Å²) >= 11 is 0. The lowest BCUT2D eigenvalue weighted by Crippen LogP contribution is -2.45. The molecule has 2 fully saturated rings. The highest BCUT2D eigenvalue weighted by Crippen LogP contribution is 2.46. The van der Waals surface area contributed by atoms with Crippen LogP contribution in [0.15, 0.2) is 0 Å². The summed E-state index contributed by atoms with van der Waals surface area (Å²) in [5, 5.41) is 11.9. The maximum Gasteiger partial charge on any atom is 0.228 e. The van der Waals surface area contributed by atoms with E-state index in [-0.39, 0.29) is 23.5 Å². The second-order valence-electron chi connectivity index (χ2n) is 4.38. The van der Waals surface area contributed by atoms with Crippen molar-refractivity contribution >= 4 is 5.91 Å². The van der Waals surface area contributed by atoms with E-state index in [1.165, 1.54) is 0 Å². The van der Waals surface area contributed by atoms with Crippen molar-refractivity contribution in [3.63, 3.8) is 0 Å². The van der Waals surface area contributed by atoms with Gasteiger partial charge in [-0.2, -0.15) is 0 Å². The van der Waals surface area contributed by atoms with E-state index in [9.17, 15) is 4.79 Å². The van der Waals surface area contributed by atoms with Crippen molar-refractivity contribution in [3.05, 3.63) is 0 Å². The van der Waals surface area contributed by atoms with Crippen LogP contribution in [0, 0.1) is 5.41 Å². The molecule has 0 aromatic heterocycles. The molecule has 2 saturated carbocycles. The minimum atomic E-state index is -0.290. The first kappa shape index (κ1) is 8.97. The SMILES string of the molecule is NCC1(C(=O)NC2(CO)CC2)CC1. The molecule has 0 aromatic carbocycles. The highest BCUT2D eigenvalue weighted by molar-refractivity contribution is 5.86. The molecule has 0 saturated heterocycles. The van der Waals surface area contributed by atoms with Gasteiger partial charge in [-0.15, -0.1) is 0 Å². The standard InChI is InChI=1S/C9H16N2O2/c10-5-8(1-2-8)7(13)11-9(6-12)3-4-9/h12H,1-6,10H2,(H,11,13). The van der Waals surface area contributed by atoms with Crippen molar-refractivity contribution in [1.82, 2.24) is 5.32 Å². The molecular formula is C9H16N2O2. The number of amides is 1. The fraction of sp³-hybridized carbons (Fsp3) is 0.889. The van der Waals surface area contributed by atoms with Gasteiger partial charge in [-0.25, -0.2) is 0 Å². The second kappa shape index (κ2) is 2.69. The summed E-state index contributed by atoms with van der Waals surface area (Å²) in [5.41, 5.74) is 4.95. The van der Waals surface area contributed by atoms with Gasteiger partial charge in [0.1, 0.15) is 0 Å². The summed E-state index contributed by atoms with van der Waals surface area (Å²) < 4.78 is 0. The van der Waals surface area contributed by atoms with Crippen LogP contribution in [-0.4, -0.2) is 29.7 Å². The molecule has 0 aromatic rings. The van der Waals surface area contributed by atoms with Gasteiger partial charge in [0.05, 0.1) is 17.6 Å². The van der Waals surface area contributed by atoms with E-state index < -0.39 is 0 Å². The van der Waals surface area contributed by atoms with E-state index in [0.29, 0.717) is 6.54 Å². The molecule has 13 heavy (non-hydrogen) atoms. The van der Waals surface area contributed by atoms with Crippen LogP contribution in [0.1, 0.15) is 25.7 Å². The largest absolute Gasteiger partial charge is 0.394 e. The third-order valence-corrected chi connectivity index (χ3v) is 3.26. The van der Waals surface area contributed by atoms with Gasteiger partial charge in [-0.05, 0) is 25.7 Å². The van der Waals surface area contributed by atoms with Crippen molar-refractivity contribution in [1.29, 1.82) is 0 Å². The lowest BCUT2D eigenvalue weighted by Gasteiger charge is -2.18. The van der Waals surface area contributed by atoms with Gasteiger partial charge < -0.3 is 16.2 Å². The molecule has 4 nitrogen and oxygen atoms in total. The molecule has 74 valence electrons. The first-order chi connectivity index (χ1) is 6.16. The number of nitrogens with two attached hydrogens (primary N) is 1. The van der Waals surface area contributed by atoms with Gasteiger partial charge in [-0.3, -0.25) is 4.79 Å². The van der Waals surface area contributed by atoms with Gasteiger partial charge in [0.2, 0.25) is 5.91 Å². The average Bonchev–Trinajstić information content (AvgIpc) is 3.01. The van der Waals surface area contributed by atoms with Crippen molar-refractivity contribution in [2.45, 2.75) is 31.2 Å².